The summed E-state index contributed by atoms with van der Waals surface area (Å²) in [5.74, 6) is -0.374. The number of nitrogens with zero attached hydrogens (tertiary/aromatic N) is 3. The SMILES string of the molecule is O=C(NCc1ccncc1)c1cnc(Nc2ccccc2F)cn1. The molecule has 0 spiro atoms. The number of halogens is 1. The second-order valence-electron chi connectivity index (χ2n) is 4.93. The molecule has 2 aromatic heterocycles. The van der Waals surface area contributed by atoms with Gasteiger partial charge in [-0.2, -0.15) is 0 Å². The molecule has 120 valence electrons. The lowest BCUT2D eigenvalue weighted by atomic mass is 10.2. The Kier molecular flexibility index (Phi) is 4.71. The van der Waals surface area contributed by atoms with Crippen molar-refractivity contribution >= 4 is 17.4 Å². The van der Waals surface area contributed by atoms with Gasteiger partial charge in [0.1, 0.15) is 17.3 Å². The van der Waals surface area contributed by atoms with Gasteiger partial charge >= 0.3 is 0 Å². The van der Waals surface area contributed by atoms with Crippen LogP contribution in [0, 0.1) is 5.82 Å². The zero-order valence-electron chi connectivity index (χ0n) is 12.6. The molecule has 1 amide bonds. The van der Waals surface area contributed by atoms with Crippen molar-refractivity contribution in [1.82, 2.24) is 20.3 Å². The summed E-state index contributed by atoms with van der Waals surface area (Å²) in [6.45, 7) is 0.373. The zero-order chi connectivity index (χ0) is 16.8. The summed E-state index contributed by atoms with van der Waals surface area (Å²) >= 11 is 0. The Labute approximate surface area is 137 Å². The number of benzene rings is 1. The van der Waals surface area contributed by atoms with E-state index >= 15 is 0 Å². The Morgan fingerprint density at radius 1 is 1.04 bits per heavy atom. The molecular formula is C17H14FN5O. The van der Waals surface area contributed by atoms with Crippen LogP contribution in [0.2, 0.25) is 0 Å². The molecule has 3 rings (SSSR count). The fourth-order valence-corrected chi connectivity index (χ4v) is 1.98. The molecule has 0 radical (unpaired) electrons. The van der Waals surface area contributed by atoms with E-state index in [-0.39, 0.29) is 11.6 Å². The van der Waals surface area contributed by atoms with Crippen LogP contribution >= 0.6 is 0 Å². The van der Waals surface area contributed by atoms with E-state index in [1.165, 1.54) is 18.5 Å². The maximum Gasteiger partial charge on any atom is 0.271 e. The van der Waals surface area contributed by atoms with Crippen LogP contribution in [-0.2, 0) is 6.54 Å². The third-order valence-electron chi connectivity index (χ3n) is 3.22. The van der Waals surface area contributed by atoms with Crippen molar-refractivity contribution in [2.24, 2.45) is 0 Å². The zero-order valence-corrected chi connectivity index (χ0v) is 12.6. The highest BCUT2D eigenvalue weighted by atomic mass is 19.1. The summed E-state index contributed by atoms with van der Waals surface area (Å²) in [7, 11) is 0. The minimum atomic E-state index is -0.390. The monoisotopic (exact) mass is 323 g/mol. The van der Waals surface area contributed by atoms with Gasteiger partial charge in [0.15, 0.2) is 0 Å². The van der Waals surface area contributed by atoms with Crippen molar-refractivity contribution in [2.75, 3.05) is 5.32 Å². The highest BCUT2D eigenvalue weighted by molar-refractivity contribution is 5.92. The quantitative estimate of drug-likeness (QED) is 0.754. The predicted octanol–water partition coefficient (Wildman–Crippen LogP) is 2.68. The van der Waals surface area contributed by atoms with Gasteiger partial charge in [0.25, 0.3) is 5.91 Å². The molecule has 2 heterocycles. The number of para-hydroxylation sites is 1. The molecule has 0 unspecified atom stereocenters. The molecule has 0 aliphatic heterocycles. The first-order valence-corrected chi connectivity index (χ1v) is 7.23. The second-order valence-corrected chi connectivity index (χ2v) is 4.93. The molecule has 0 aliphatic carbocycles. The first-order valence-electron chi connectivity index (χ1n) is 7.23. The molecule has 0 bridgehead atoms. The van der Waals surface area contributed by atoms with E-state index in [1.807, 2.05) is 12.1 Å². The first kappa shape index (κ1) is 15.5. The third kappa shape index (κ3) is 3.89. The van der Waals surface area contributed by atoms with Crippen molar-refractivity contribution in [3.8, 4) is 0 Å². The molecule has 0 fully saturated rings. The van der Waals surface area contributed by atoms with Crippen LogP contribution in [0.1, 0.15) is 16.1 Å². The maximum atomic E-state index is 13.6. The number of anilines is 2. The lowest BCUT2D eigenvalue weighted by Crippen LogP contribution is -2.24. The van der Waals surface area contributed by atoms with Crippen LogP contribution in [0.5, 0.6) is 0 Å². The molecule has 24 heavy (non-hydrogen) atoms. The van der Waals surface area contributed by atoms with Crippen LogP contribution in [0.3, 0.4) is 0 Å². The van der Waals surface area contributed by atoms with Gasteiger partial charge in [-0.1, -0.05) is 12.1 Å². The molecule has 0 saturated carbocycles. The molecule has 3 aromatic rings. The van der Waals surface area contributed by atoms with Crippen LogP contribution < -0.4 is 10.6 Å². The van der Waals surface area contributed by atoms with Gasteiger partial charge in [-0.25, -0.2) is 14.4 Å². The van der Waals surface area contributed by atoms with Gasteiger partial charge in [0.05, 0.1) is 18.1 Å². The number of rotatable bonds is 5. The van der Waals surface area contributed by atoms with Crippen molar-refractivity contribution in [3.05, 3.63) is 78.3 Å². The highest BCUT2D eigenvalue weighted by Gasteiger charge is 2.08. The smallest absolute Gasteiger partial charge is 0.271 e. The lowest BCUT2D eigenvalue weighted by Gasteiger charge is -2.07. The van der Waals surface area contributed by atoms with E-state index in [1.54, 1.807) is 30.6 Å². The van der Waals surface area contributed by atoms with Gasteiger partial charge in [-0.3, -0.25) is 9.78 Å². The van der Waals surface area contributed by atoms with Crippen molar-refractivity contribution < 1.29 is 9.18 Å². The first-order chi connectivity index (χ1) is 11.7. The molecule has 0 saturated heterocycles. The fraction of sp³-hybridized carbons (Fsp3) is 0.0588. The van der Waals surface area contributed by atoms with E-state index in [9.17, 15) is 9.18 Å². The minimum Gasteiger partial charge on any atom is -0.347 e. The largest absolute Gasteiger partial charge is 0.347 e. The number of aromatic nitrogens is 3. The Morgan fingerprint density at radius 2 is 1.83 bits per heavy atom. The molecule has 0 aliphatic rings. The summed E-state index contributed by atoms with van der Waals surface area (Å²) in [5.41, 5.74) is 1.41. The van der Waals surface area contributed by atoms with Crippen molar-refractivity contribution in [2.45, 2.75) is 6.54 Å². The van der Waals surface area contributed by atoms with Crippen LogP contribution in [0.25, 0.3) is 0 Å². The maximum absolute atomic E-state index is 13.6. The Balaban J connectivity index is 1.61. The summed E-state index contributed by atoms with van der Waals surface area (Å²) in [4.78, 5) is 24.1. The van der Waals surface area contributed by atoms with Crippen LogP contribution in [-0.4, -0.2) is 20.9 Å². The summed E-state index contributed by atoms with van der Waals surface area (Å²) in [5, 5.41) is 5.55. The normalized spacial score (nSPS) is 10.2. The molecule has 2 N–H and O–H groups in total. The number of hydrogen-bond donors (Lipinski definition) is 2. The molecule has 0 atom stereocenters. The lowest BCUT2D eigenvalue weighted by molar-refractivity contribution is 0.0945. The summed E-state index contributed by atoms with van der Waals surface area (Å²) < 4.78 is 13.6. The third-order valence-corrected chi connectivity index (χ3v) is 3.22. The van der Waals surface area contributed by atoms with Gasteiger partial charge in [0, 0.05) is 18.9 Å². The van der Waals surface area contributed by atoms with Gasteiger partial charge in [0.2, 0.25) is 0 Å². The van der Waals surface area contributed by atoms with Crippen molar-refractivity contribution in [1.29, 1.82) is 0 Å². The topological polar surface area (TPSA) is 79.8 Å². The molecule has 1 aromatic carbocycles. The van der Waals surface area contributed by atoms with Gasteiger partial charge in [-0.15, -0.1) is 0 Å². The number of hydrogen-bond acceptors (Lipinski definition) is 5. The minimum absolute atomic E-state index is 0.183. The van der Waals surface area contributed by atoms with Gasteiger partial charge in [-0.05, 0) is 29.8 Å². The Morgan fingerprint density at radius 3 is 2.54 bits per heavy atom. The van der Waals surface area contributed by atoms with Crippen LogP contribution in [0.15, 0.2) is 61.2 Å². The number of carbonyl (C=O) groups excluding carboxylic acids is 1. The predicted molar refractivity (Wildman–Crippen MR) is 87.1 cm³/mol. The Hall–Kier alpha value is -3.35. The van der Waals surface area contributed by atoms with E-state index < -0.39 is 5.82 Å². The van der Waals surface area contributed by atoms with E-state index in [4.69, 9.17) is 0 Å². The number of nitrogens with one attached hydrogen (secondary N) is 2. The summed E-state index contributed by atoms with van der Waals surface area (Å²) in [6, 6.07) is 9.87. The number of pyridine rings is 1. The Bertz CT molecular complexity index is 824. The standard InChI is InChI=1S/C17H14FN5O/c18-13-3-1-2-4-14(13)23-16-11-20-15(10-21-16)17(24)22-9-12-5-7-19-8-6-12/h1-8,10-11H,9H2,(H,21,23)(H,22,24). The average molecular weight is 323 g/mol. The highest BCUT2D eigenvalue weighted by Crippen LogP contribution is 2.17. The van der Waals surface area contributed by atoms with Crippen LogP contribution in [0.4, 0.5) is 15.9 Å². The second kappa shape index (κ2) is 7.28. The molecule has 6 nitrogen and oxygen atoms in total. The van der Waals surface area contributed by atoms with E-state index in [2.05, 4.69) is 25.6 Å². The average Bonchev–Trinajstić information content (AvgIpc) is 2.63. The molecular weight excluding hydrogens is 309 g/mol. The number of amides is 1. The molecule has 7 heteroatoms. The summed E-state index contributed by atoms with van der Waals surface area (Å²) in [6.07, 6.45) is 6.04. The van der Waals surface area contributed by atoms with Gasteiger partial charge < -0.3 is 10.6 Å². The fourth-order valence-electron chi connectivity index (χ4n) is 1.98. The number of carbonyl (C=O) groups is 1. The van der Waals surface area contributed by atoms with E-state index in [0.29, 0.717) is 18.1 Å². The van der Waals surface area contributed by atoms with Crippen molar-refractivity contribution in [3.63, 3.8) is 0 Å². The van der Waals surface area contributed by atoms with E-state index in [0.717, 1.165) is 5.56 Å².